The van der Waals surface area contributed by atoms with E-state index in [-0.39, 0.29) is 11.2 Å². The van der Waals surface area contributed by atoms with Gasteiger partial charge in [0.2, 0.25) is 11.9 Å². The van der Waals surface area contributed by atoms with E-state index in [1.54, 1.807) is 0 Å². The van der Waals surface area contributed by atoms with Crippen LogP contribution in [0.25, 0.3) is 5.69 Å². The van der Waals surface area contributed by atoms with Crippen molar-refractivity contribution < 1.29 is 14.3 Å². The summed E-state index contributed by atoms with van der Waals surface area (Å²) in [5.41, 5.74) is 2.85. The van der Waals surface area contributed by atoms with Gasteiger partial charge in [0.05, 0.1) is 30.8 Å². The van der Waals surface area contributed by atoms with Gasteiger partial charge in [-0.2, -0.15) is 0 Å². The van der Waals surface area contributed by atoms with E-state index >= 15 is 0 Å². The van der Waals surface area contributed by atoms with Crippen molar-refractivity contribution in [3.63, 3.8) is 0 Å². The number of rotatable bonds is 8. The molecule has 1 unspecified atom stereocenters. The normalized spacial score (nSPS) is 14.7. The van der Waals surface area contributed by atoms with E-state index < -0.39 is 0 Å². The minimum absolute atomic E-state index is 0.101. The average molecular weight is 468 g/mol. The highest BCUT2D eigenvalue weighted by Gasteiger charge is 2.25. The molecule has 0 aliphatic carbocycles. The number of amides is 1. The molecule has 1 aliphatic heterocycles. The number of anilines is 2. The largest absolute Gasteiger partial charge is 0.494 e. The van der Waals surface area contributed by atoms with Gasteiger partial charge in [-0.1, -0.05) is 23.9 Å². The number of thioether (sulfide) groups is 1. The zero-order valence-corrected chi connectivity index (χ0v) is 20.0. The Hall–Kier alpha value is -3.04. The van der Waals surface area contributed by atoms with Gasteiger partial charge in [0.15, 0.2) is 5.16 Å². The van der Waals surface area contributed by atoms with Gasteiger partial charge in [-0.3, -0.25) is 9.36 Å². The van der Waals surface area contributed by atoms with Gasteiger partial charge in [-0.05, 0) is 62.7 Å². The summed E-state index contributed by atoms with van der Waals surface area (Å²) in [5, 5.41) is 12.2. The van der Waals surface area contributed by atoms with Crippen LogP contribution in [-0.2, 0) is 9.53 Å². The SMILES string of the molecule is CCOc1ccc(NC(=O)C(C)Sc2nnc(N3CCOCC3)n2-c2cccc(C)c2)cc1. The number of carbonyl (C=O) groups excluding carboxylic acids is 1. The van der Waals surface area contributed by atoms with Gasteiger partial charge in [0.1, 0.15) is 5.75 Å². The molecule has 8 nitrogen and oxygen atoms in total. The number of benzene rings is 2. The molecular weight excluding hydrogens is 438 g/mol. The van der Waals surface area contributed by atoms with E-state index in [4.69, 9.17) is 9.47 Å². The second-order valence-corrected chi connectivity index (χ2v) is 9.07. The lowest BCUT2D eigenvalue weighted by atomic mass is 10.2. The zero-order valence-electron chi connectivity index (χ0n) is 19.2. The molecule has 9 heteroatoms. The highest BCUT2D eigenvalue weighted by molar-refractivity contribution is 8.00. The number of ether oxygens (including phenoxy) is 2. The molecule has 3 aromatic rings. The summed E-state index contributed by atoms with van der Waals surface area (Å²) in [6, 6.07) is 15.6. The predicted octanol–water partition coefficient (Wildman–Crippen LogP) is 3.93. The standard InChI is InChI=1S/C24H29N5O3S/c1-4-32-21-10-8-19(9-11-21)25-22(30)18(3)33-24-27-26-23(28-12-14-31-15-13-28)29(24)20-7-5-6-17(2)16-20/h5-11,16,18H,4,12-15H2,1-3H3,(H,25,30). The molecule has 1 fully saturated rings. The molecular formula is C24H29N5O3S. The minimum Gasteiger partial charge on any atom is -0.494 e. The predicted molar refractivity (Wildman–Crippen MR) is 131 cm³/mol. The number of carbonyl (C=O) groups is 1. The first-order valence-electron chi connectivity index (χ1n) is 11.1. The van der Waals surface area contributed by atoms with Crippen LogP contribution < -0.4 is 15.0 Å². The Bertz CT molecular complexity index is 1080. The monoisotopic (exact) mass is 467 g/mol. The summed E-state index contributed by atoms with van der Waals surface area (Å²) < 4.78 is 13.0. The second kappa shape index (κ2) is 10.7. The van der Waals surface area contributed by atoms with Crippen molar-refractivity contribution in [3.8, 4) is 11.4 Å². The number of nitrogens with zero attached hydrogens (tertiary/aromatic N) is 4. The number of hydrogen-bond donors (Lipinski definition) is 1. The van der Waals surface area contributed by atoms with Gasteiger partial charge >= 0.3 is 0 Å². The summed E-state index contributed by atoms with van der Waals surface area (Å²) in [6.45, 7) is 9.29. The van der Waals surface area contributed by atoms with Crippen molar-refractivity contribution in [1.29, 1.82) is 0 Å². The summed E-state index contributed by atoms with van der Waals surface area (Å²) in [5.74, 6) is 1.45. The Morgan fingerprint density at radius 1 is 1.18 bits per heavy atom. The van der Waals surface area contributed by atoms with Crippen molar-refractivity contribution in [2.45, 2.75) is 31.2 Å². The quantitative estimate of drug-likeness (QED) is 0.503. The van der Waals surface area contributed by atoms with Gasteiger partial charge in [0, 0.05) is 18.8 Å². The Labute approximate surface area is 198 Å². The fraction of sp³-hybridized carbons (Fsp3) is 0.375. The third-order valence-electron chi connectivity index (χ3n) is 5.25. The number of morpholine rings is 1. The van der Waals surface area contributed by atoms with Crippen LogP contribution in [0.3, 0.4) is 0 Å². The van der Waals surface area contributed by atoms with Crippen LogP contribution in [0, 0.1) is 6.92 Å². The molecule has 2 aromatic carbocycles. The molecule has 33 heavy (non-hydrogen) atoms. The Kier molecular flexibility index (Phi) is 7.51. The molecule has 174 valence electrons. The maximum Gasteiger partial charge on any atom is 0.237 e. The molecule has 0 radical (unpaired) electrons. The summed E-state index contributed by atoms with van der Waals surface area (Å²) in [7, 11) is 0. The van der Waals surface area contributed by atoms with Crippen molar-refractivity contribution in [2.24, 2.45) is 0 Å². The first kappa shape index (κ1) is 23.1. The number of aryl methyl sites for hydroxylation is 1. The fourth-order valence-electron chi connectivity index (χ4n) is 3.56. The number of nitrogens with one attached hydrogen (secondary N) is 1. The van der Waals surface area contributed by atoms with E-state index in [0.717, 1.165) is 41.7 Å². The number of aromatic nitrogens is 3. The molecule has 1 saturated heterocycles. The first-order valence-corrected chi connectivity index (χ1v) is 12.0. The highest BCUT2D eigenvalue weighted by atomic mass is 32.2. The molecule has 1 aromatic heterocycles. The lowest BCUT2D eigenvalue weighted by molar-refractivity contribution is -0.115. The fourth-order valence-corrected chi connectivity index (χ4v) is 4.42. The minimum atomic E-state index is -0.373. The average Bonchev–Trinajstić information content (AvgIpc) is 3.24. The van der Waals surface area contributed by atoms with Crippen LogP contribution in [0.5, 0.6) is 5.75 Å². The van der Waals surface area contributed by atoms with Crippen LogP contribution in [0.4, 0.5) is 11.6 Å². The summed E-state index contributed by atoms with van der Waals surface area (Å²) >= 11 is 1.39. The first-order chi connectivity index (χ1) is 16.0. The van der Waals surface area contributed by atoms with Crippen LogP contribution in [0.2, 0.25) is 0 Å². The van der Waals surface area contributed by atoms with Crippen molar-refractivity contribution >= 4 is 29.3 Å². The lowest BCUT2D eigenvalue weighted by Crippen LogP contribution is -2.38. The molecule has 1 N–H and O–H groups in total. The molecule has 0 bridgehead atoms. The van der Waals surface area contributed by atoms with Gasteiger partial charge in [-0.25, -0.2) is 0 Å². The van der Waals surface area contributed by atoms with Crippen LogP contribution in [0.15, 0.2) is 53.7 Å². The molecule has 4 rings (SSSR count). The third kappa shape index (κ3) is 5.66. The van der Waals surface area contributed by atoms with Gasteiger partial charge in [-0.15, -0.1) is 10.2 Å². The molecule has 1 amide bonds. The van der Waals surface area contributed by atoms with Gasteiger partial charge in [0.25, 0.3) is 0 Å². The maximum absolute atomic E-state index is 12.9. The summed E-state index contributed by atoms with van der Waals surface area (Å²) in [4.78, 5) is 15.1. The zero-order chi connectivity index (χ0) is 23.2. The van der Waals surface area contributed by atoms with Crippen LogP contribution >= 0.6 is 11.8 Å². The van der Waals surface area contributed by atoms with E-state index in [9.17, 15) is 4.79 Å². The topological polar surface area (TPSA) is 81.5 Å². The van der Waals surface area contributed by atoms with E-state index in [0.29, 0.717) is 25.0 Å². The third-order valence-corrected chi connectivity index (χ3v) is 6.30. The smallest absolute Gasteiger partial charge is 0.237 e. The van der Waals surface area contributed by atoms with E-state index in [1.807, 2.05) is 54.8 Å². The second-order valence-electron chi connectivity index (χ2n) is 7.76. The van der Waals surface area contributed by atoms with Crippen LogP contribution in [0.1, 0.15) is 19.4 Å². The van der Waals surface area contributed by atoms with E-state index in [2.05, 4.69) is 39.5 Å². The van der Waals surface area contributed by atoms with Crippen molar-refractivity contribution in [1.82, 2.24) is 14.8 Å². The Morgan fingerprint density at radius 3 is 2.64 bits per heavy atom. The Morgan fingerprint density at radius 2 is 1.94 bits per heavy atom. The van der Waals surface area contributed by atoms with E-state index in [1.165, 1.54) is 11.8 Å². The molecule has 1 aliphatic rings. The highest BCUT2D eigenvalue weighted by Crippen LogP contribution is 2.30. The molecule has 1 atom stereocenters. The van der Waals surface area contributed by atoms with Crippen molar-refractivity contribution in [3.05, 3.63) is 54.1 Å². The molecule has 2 heterocycles. The summed E-state index contributed by atoms with van der Waals surface area (Å²) in [6.07, 6.45) is 0. The van der Waals surface area contributed by atoms with Crippen molar-refractivity contribution in [2.75, 3.05) is 43.1 Å². The molecule has 0 spiro atoms. The maximum atomic E-state index is 12.9. The molecule has 0 saturated carbocycles. The lowest BCUT2D eigenvalue weighted by Gasteiger charge is -2.28. The number of hydrogen-bond acceptors (Lipinski definition) is 7. The van der Waals surface area contributed by atoms with Crippen LogP contribution in [-0.4, -0.2) is 58.8 Å². The van der Waals surface area contributed by atoms with Gasteiger partial charge < -0.3 is 19.7 Å². The Balaban J connectivity index is 1.54.